The topological polar surface area (TPSA) is 40.5 Å². The van der Waals surface area contributed by atoms with Crippen molar-refractivity contribution in [3.63, 3.8) is 0 Å². The van der Waals surface area contributed by atoms with Gasteiger partial charge < -0.3 is 0 Å². The fraction of sp³-hybridized carbons (Fsp3) is 0.700. The summed E-state index contributed by atoms with van der Waals surface area (Å²) in [5.41, 5.74) is 1.28. The fourth-order valence-corrected chi connectivity index (χ4v) is 5.10. The molecule has 1 amide bonds. The molecule has 4 heteroatoms. The number of carbonyl (C=O) groups excluding carboxylic acids is 1. The zero-order chi connectivity index (χ0) is 10.3. The Hall–Kier alpha value is -0.311. The molecule has 0 aromatic heterocycles. The average Bonchev–Trinajstić information content (AvgIpc) is 2.26. The van der Waals surface area contributed by atoms with Crippen molar-refractivity contribution < 1.29 is 9.90 Å². The van der Waals surface area contributed by atoms with Gasteiger partial charge in [0.2, 0.25) is 0 Å². The van der Waals surface area contributed by atoms with E-state index in [1.54, 1.807) is 6.92 Å². The minimum absolute atomic E-state index is 0.116. The van der Waals surface area contributed by atoms with Gasteiger partial charge in [-0.05, 0) is 0 Å². The summed E-state index contributed by atoms with van der Waals surface area (Å²) < 4.78 is 0. The minimum atomic E-state index is -0.482. The Morgan fingerprint density at radius 3 is 3.07 bits per heavy atom. The van der Waals surface area contributed by atoms with Crippen molar-refractivity contribution in [2.24, 2.45) is 5.92 Å². The van der Waals surface area contributed by atoms with E-state index in [0.29, 0.717) is 19.9 Å². The van der Waals surface area contributed by atoms with Gasteiger partial charge in [-0.1, -0.05) is 0 Å². The molecule has 0 spiro atoms. The molecule has 0 bridgehead atoms. The van der Waals surface area contributed by atoms with Gasteiger partial charge in [-0.3, -0.25) is 0 Å². The maximum atomic E-state index is 11.7. The van der Waals surface area contributed by atoms with Crippen molar-refractivity contribution in [3.05, 3.63) is 11.6 Å². The Kier molecular flexibility index (Phi) is 2.69. The molecule has 1 saturated heterocycles. The summed E-state index contributed by atoms with van der Waals surface area (Å²) >= 11 is 0.438. The summed E-state index contributed by atoms with van der Waals surface area (Å²) in [5, 5.41) is 10.6. The summed E-state index contributed by atoms with van der Waals surface area (Å²) in [7, 11) is 0. The first-order valence-electron chi connectivity index (χ1n) is 4.87. The SMILES string of the molecule is CC1=CC[Se][C@@H]2[C@@H]([C@@H](C)O)C(=O)N2C1. The standard InChI is InChI=1S/C10H15NO2Se/c1-6-3-4-14-10-8(7(2)12)9(13)11(10)5-6/h3,7-8,10,12H,4-5H2,1-2H3/t7-,8+,10-/m1/s1. The van der Waals surface area contributed by atoms with Crippen LogP contribution in [-0.4, -0.2) is 48.5 Å². The quantitative estimate of drug-likeness (QED) is 0.416. The molecular weight excluding hydrogens is 245 g/mol. The molecule has 1 N–H and O–H groups in total. The van der Waals surface area contributed by atoms with Crippen LogP contribution >= 0.6 is 0 Å². The van der Waals surface area contributed by atoms with Crippen LogP contribution in [0.4, 0.5) is 0 Å². The number of nitrogens with zero attached hydrogens (tertiary/aromatic N) is 1. The Bertz CT molecular complexity index is 288. The second kappa shape index (κ2) is 3.69. The molecule has 0 aromatic carbocycles. The summed E-state index contributed by atoms with van der Waals surface area (Å²) in [5.74, 6) is 0.0239. The molecule has 0 radical (unpaired) electrons. The number of aliphatic hydroxyl groups excluding tert-OH is 1. The zero-order valence-electron chi connectivity index (χ0n) is 8.43. The van der Waals surface area contributed by atoms with E-state index >= 15 is 0 Å². The molecule has 3 nitrogen and oxygen atoms in total. The molecular formula is C10H15NO2Se. The number of aliphatic hydroxyl groups is 1. The van der Waals surface area contributed by atoms with E-state index in [1.807, 2.05) is 4.90 Å². The second-order valence-corrected chi connectivity index (χ2v) is 6.42. The van der Waals surface area contributed by atoms with Crippen molar-refractivity contribution in [2.75, 3.05) is 6.54 Å². The van der Waals surface area contributed by atoms with Crippen LogP contribution < -0.4 is 0 Å². The monoisotopic (exact) mass is 261 g/mol. The maximum absolute atomic E-state index is 11.7. The van der Waals surface area contributed by atoms with Crippen LogP contribution in [0.3, 0.4) is 0 Å². The summed E-state index contributed by atoms with van der Waals surface area (Å²) in [6, 6.07) is 0. The van der Waals surface area contributed by atoms with Crippen molar-refractivity contribution in [2.45, 2.75) is 30.2 Å². The van der Waals surface area contributed by atoms with E-state index < -0.39 is 6.10 Å². The van der Waals surface area contributed by atoms with Gasteiger partial charge in [-0.25, -0.2) is 0 Å². The number of β-lactam (4-membered cyclic amide) rings is 1. The Morgan fingerprint density at radius 1 is 1.71 bits per heavy atom. The number of carbonyl (C=O) groups is 1. The first kappa shape index (κ1) is 10.2. The van der Waals surface area contributed by atoms with E-state index in [-0.39, 0.29) is 11.8 Å². The van der Waals surface area contributed by atoms with Crippen LogP contribution in [0.25, 0.3) is 0 Å². The normalized spacial score (nSPS) is 34.1. The van der Waals surface area contributed by atoms with Crippen molar-refractivity contribution in [3.8, 4) is 0 Å². The van der Waals surface area contributed by atoms with Crippen LogP contribution in [0, 0.1) is 5.92 Å². The third-order valence-electron chi connectivity index (χ3n) is 2.82. The molecule has 2 aliphatic rings. The predicted molar refractivity (Wildman–Crippen MR) is 55.0 cm³/mol. The molecule has 3 atom stereocenters. The van der Waals surface area contributed by atoms with Gasteiger partial charge >= 0.3 is 90.0 Å². The van der Waals surface area contributed by atoms with E-state index in [4.69, 9.17) is 0 Å². The van der Waals surface area contributed by atoms with E-state index in [2.05, 4.69) is 13.0 Å². The van der Waals surface area contributed by atoms with Crippen molar-refractivity contribution in [1.29, 1.82) is 0 Å². The number of hydrogen-bond acceptors (Lipinski definition) is 2. The summed E-state index contributed by atoms with van der Waals surface area (Å²) in [4.78, 5) is 13.9. The molecule has 0 aliphatic carbocycles. The van der Waals surface area contributed by atoms with Crippen LogP contribution in [0.15, 0.2) is 11.6 Å². The fourth-order valence-electron chi connectivity index (χ4n) is 1.98. The first-order chi connectivity index (χ1) is 6.61. The molecule has 0 saturated carbocycles. The predicted octanol–water partition coefficient (Wildman–Crippen LogP) is 0.234. The summed E-state index contributed by atoms with van der Waals surface area (Å²) in [6.07, 6.45) is 1.74. The van der Waals surface area contributed by atoms with E-state index in [9.17, 15) is 9.90 Å². The van der Waals surface area contributed by atoms with Crippen molar-refractivity contribution >= 4 is 20.9 Å². The van der Waals surface area contributed by atoms with Gasteiger partial charge in [-0.2, -0.15) is 0 Å². The number of amides is 1. The molecule has 2 rings (SSSR count). The summed E-state index contributed by atoms with van der Waals surface area (Å²) in [6.45, 7) is 4.57. The van der Waals surface area contributed by atoms with Crippen LogP contribution in [0.5, 0.6) is 0 Å². The van der Waals surface area contributed by atoms with Crippen molar-refractivity contribution in [1.82, 2.24) is 4.90 Å². The molecule has 0 aromatic rings. The molecule has 2 heterocycles. The molecule has 14 heavy (non-hydrogen) atoms. The Balaban J connectivity index is 2.11. The van der Waals surface area contributed by atoms with Gasteiger partial charge in [-0.15, -0.1) is 0 Å². The van der Waals surface area contributed by atoms with Crippen LogP contribution in [0.1, 0.15) is 13.8 Å². The molecule has 1 fully saturated rings. The third kappa shape index (κ3) is 1.52. The Labute approximate surface area is 90.3 Å². The number of allylic oxidation sites excluding steroid dienone is 1. The number of rotatable bonds is 1. The first-order valence-corrected chi connectivity index (χ1v) is 7.07. The molecule has 0 unspecified atom stereocenters. The van der Waals surface area contributed by atoms with Gasteiger partial charge in [0.15, 0.2) is 0 Å². The zero-order valence-corrected chi connectivity index (χ0v) is 10.1. The molecule has 2 aliphatic heterocycles. The molecule has 78 valence electrons. The van der Waals surface area contributed by atoms with Crippen LogP contribution in [0.2, 0.25) is 5.32 Å². The average molecular weight is 260 g/mol. The van der Waals surface area contributed by atoms with E-state index in [1.165, 1.54) is 5.57 Å². The van der Waals surface area contributed by atoms with E-state index in [0.717, 1.165) is 11.9 Å². The number of fused-ring (bicyclic) bond motifs is 1. The van der Waals surface area contributed by atoms with Crippen LogP contribution in [-0.2, 0) is 4.79 Å². The van der Waals surface area contributed by atoms with Gasteiger partial charge in [0.25, 0.3) is 0 Å². The second-order valence-electron chi connectivity index (χ2n) is 4.01. The van der Waals surface area contributed by atoms with Gasteiger partial charge in [0.05, 0.1) is 0 Å². The van der Waals surface area contributed by atoms with Gasteiger partial charge in [0, 0.05) is 0 Å². The van der Waals surface area contributed by atoms with Gasteiger partial charge in [0.1, 0.15) is 0 Å². The number of hydrogen-bond donors (Lipinski definition) is 1. The third-order valence-corrected chi connectivity index (χ3v) is 5.44. The Morgan fingerprint density at radius 2 is 2.43 bits per heavy atom.